The van der Waals surface area contributed by atoms with Crippen LogP contribution in [-0.2, 0) is 14.3 Å². The van der Waals surface area contributed by atoms with Gasteiger partial charge in [0.25, 0.3) is 0 Å². The van der Waals surface area contributed by atoms with Crippen LogP contribution < -0.4 is 0 Å². The fourth-order valence-electron chi connectivity index (χ4n) is 3.22. The van der Waals surface area contributed by atoms with Crippen LogP contribution in [0.4, 0.5) is 0 Å². The number of hydrogen-bond donors (Lipinski definition) is 0. The van der Waals surface area contributed by atoms with Gasteiger partial charge in [0, 0.05) is 11.3 Å². The maximum absolute atomic E-state index is 12.6. The molecular weight excluding hydrogens is 334 g/mol. The molecule has 1 aliphatic carbocycles. The second-order valence-corrected chi connectivity index (χ2v) is 8.86. The van der Waals surface area contributed by atoms with Crippen molar-refractivity contribution in [3.63, 3.8) is 0 Å². The topological polar surface area (TPSA) is 56.3 Å². The van der Waals surface area contributed by atoms with Crippen molar-refractivity contribution in [2.45, 2.75) is 52.4 Å². The molecule has 134 valence electrons. The van der Waals surface area contributed by atoms with E-state index in [0.29, 0.717) is 0 Å². The van der Waals surface area contributed by atoms with Gasteiger partial charge in [-0.25, -0.2) is 4.98 Å². The molecule has 1 heterocycles. The lowest BCUT2D eigenvalue weighted by Gasteiger charge is -2.28. The van der Waals surface area contributed by atoms with E-state index in [4.69, 9.17) is 9.72 Å². The Kier molecular flexibility index (Phi) is 5.23. The summed E-state index contributed by atoms with van der Waals surface area (Å²) in [5.74, 6) is -0.389. The van der Waals surface area contributed by atoms with Gasteiger partial charge in [0.15, 0.2) is 12.4 Å². The van der Waals surface area contributed by atoms with E-state index in [1.165, 1.54) is 0 Å². The van der Waals surface area contributed by atoms with E-state index in [1.54, 1.807) is 11.3 Å². The Morgan fingerprint density at radius 2 is 1.92 bits per heavy atom. The Morgan fingerprint density at radius 3 is 2.64 bits per heavy atom. The van der Waals surface area contributed by atoms with E-state index in [1.807, 2.05) is 39.0 Å². The van der Waals surface area contributed by atoms with Crippen molar-refractivity contribution in [1.29, 1.82) is 0 Å². The Morgan fingerprint density at radius 1 is 1.20 bits per heavy atom. The molecule has 4 nitrogen and oxygen atoms in total. The van der Waals surface area contributed by atoms with E-state index in [-0.39, 0.29) is 30.2 Å². The van der Waals surface area contributed by atoms with Gasteiger partial charge in [0.1, 0.15) is 0 Å². The number of ether oxygens (including phenoxy) is 1. The van der Waals surface area contributed by atoms with Crippen LogP contribution in [0.15, 0.2) is 24.3 Å². The van der Waals surface area contributed by atoms with Crippen molar-refractivity contribution in [3.05, 3.63) is 29.3 Å². The summed E-state index contributed by atoms with van der Waals surface area (Å²) in [6.07, 6.45) is 3.88. The number of rotatable bonds is 4. The molecule has 0 saturated heterocycles. The monoisotopic (exact) mass is 359 g/mol. The molecule has 2 aromatic rings. The zero-order valence-corrected chi connectivity index (χ0v) is 15.9. The second kappa shape index (κ2) is 7.24. The van der Waals surface area contributed by atoms with Gasteiger partial charge in [-0.1, -0.05) is 45.7 Å². The minimum Gasteiger partial charge on any atom is -0.457 e. The van der Waals surface area contributed by atoms with Crippen molar-refractivity contribution in [1.82, 2.24) is 4.98 Å². The van der Waals surface area contributed by atoms with Gasteiger partial charge in [-0.05, 0) is 25.0 Å². The van der Waals surface area contributed by atoms with Crippen LogP contribution in [-0.4, -0.2) is 23.3 Å². The van der Waals surface area contributed by atoms with E-state index in [2.05, 4.69) is 6.07 Å². The number of benzene rings is 1. The van der Waals surface area contributed by atoms with Crippen LogP contribution in [0.5, 0.6) is 0 Å². The molecule has 0 bridgehead atoms. The first-order valence-electron chi connectivity index (χ1n) is 8.91. The van der Waals surface area contributed by atoms with Gasteiger partial charge < -0.3 is 4.74 Å². The number of thiazole rings is 1. The number of nitrogens with zero attached hydrogens (tertiary/aromatic N) is 1. The molecule has 1 fully saturated rings. The fraction of sp³-hybridized carbons (Fsp3) is 0.550. The molecule has 3 rings (SSSR count). The Balaban J connectivity index is 1.74. The Bertz CT molecular complexity index is 742. The third-order valence-electron chi connectivity index (χ3n) is 4.88. The van der Waals surface area contributed by atoms with Gasteiger partial charge in [-0.15, -0.1) is 11.3 Å². The lowest BCUT2D eigenvalue weighted by atomic mass is 9.79. The summed E-state index contributed by atoms with van der Waals surface area (Å²) in [4.78, 5) is 29.4. The largest absolute Gasteiger partial charge is 0.457 e. The lowest BCUT2D eigenvalue weighted by molar-refractivity contribution is -0.155. The summed E-state index contributed by atoms with van der Waals surface area (Å²) in [6.45, 7) is 5.39. The first kappa shape index (κ1) is 18.1. The van der Waals surface area contributed by atoms with Crippen molar-refractivity contribution in [3.8, 4) is 0 Å². The van der Waals surface area contributed by atoms with E-state index in [0.717, 1.165) is 40.9 Å². The highest BCUT2D eigenvalue weighted by Crippen LogP contribution is 2.41. The highest BCUT2D eigenvalue weighted by Gasteiger charge is 2.36. The smallest absolute Gasteiger partial charge is 0.310 e. The molecule has 2 unspecified atom stereocenters. The van der Waals surface area contributed by atoms with E-state index >= 15 is 0 Å². The molecule has 25 heavy (non-hydrogen) atoms. The van der Waals surface area contributed by atoms with Crippen molar-refractivity contribution >= 4 is 33.3 Å². The fourth-order valence-corrected chi connectivity index (χ4v) is 4.39. The molecular formula is C20H25NO3S. The summed E-state index contributed by atoms with van der Waals surface area (Å²) < 4.78 is 6.54. The highest BCUT2D eigenvalue weighted by molar-refractivity contribution is 7.18. The molecule has 5 heteroatoms. The van der Waals surface area contributed by atoms with Crippen molar-refractivity contribution in [2.75, 3.05) is 6.61 Å². The summed E-state index contributed by atoms with van der Waals surface area (Å²) in [6, 6.07) is 8.06. The zero-order valence-electron chi connectivity index (χ0n) is 15.1. The number of esters is 1. The molecule has 1 aromatic heterocycles. The Labute approximate surface area is 152 Å². The maximum Gasteiger partial charge on any atom is 0.310 e. The van der Waals surface area contributed by atoms with Crippen LogP contribution in [0.3, 0.4) is 0 Å². The van der Waals surface area contributed by atoms with Crippen LogP contribution in [0.1, 0.15) is 57.4 Å². The normalized spacial score (nSPS) is 21.2. The number of carbonyl (C=O) groups excluding carboxylic acids is 2. The molecule has 0 N–H and O–H groups in total. The average molecular weight is 359 g/mol. The van der Waals surface area contributed by atoms with E-state index < -0.39 is 5.41 Å². The minimum atomic E-state index is -0.487. The van der Waals surface area contributed by atoms with Crippen LogP contribution in [0.2, 0.25) is 0 Å². The number of carbonyl (C=O) groups is 2. The first-order valence-corrected chi connectivity index (χ1v) is 9.73. The number of Topliss-reactive ketones (excluding diaryl/α,β-unsaturated/α-hetero) is 1. The number of fused-ring (bicyclic) bond motifs is 1. The number of ketones is 1. The summed E-state index contributed by atoms with van der Waals surface area (Å²) in [5, 5.41) is 1.02. The molecule has 0 radical (unpaired) electrons. The van der Waals surface area contributed by atoms with Gasteiger partial charge in [-0.2, -0.15) is 0 Å². The standard InChI is InChI=1S/C20H25NO3S/c1-20(2,3)17(22)12-24-19(23)14-9-5-4-8-13(14)18-21-15-10-6-7-11-16(15)25-18/h6-7,10-11,13-14H,4-5,8-9,12H2,1-3H3. The third kappa shape index (κ3) is 4.09. The average Bonchev–Trinajstić information content (AvgIpc) is 3.02. The van der Waals surface area contributed by atoms with Crippen LogP contribution in [0, 0.1) is 11.3 Å². The number of hydrogen-bond acceptors (Lipinski definition) is 5. The third-order valence-corrected chi connectivity index (χ3v) is 6.05. The molecule has 1 aliphatic rings. The predicted molar refractivity (Wildman–Crippen MR) is 99.7 cm³/mol. The highest BCUT2D eigenvalue weighted by atomic mass is 32.1. The van der Waals surface area contributed by atoms with Crippen molar-refractivity contribution in [2.24, 2.45) is 11.3 Å². The molecule has 0 spiro atoms. The van der Waals surface area contributed by atoms with Gasteiger partial charge in [0.05, 0.1) is 21.1 Å². The first-order chi connectivity index (χ1) is 11.9. The number of para-hydroxylation sites is 1. The maximum atomic E-state index is 12.6. The van der Waals surface area contributed by atoms with Crippen LogP contribution in [0.25, 0.3) is 10.2 Å². The lowest BCUT2D eigenvalue weighted by Crippen LogP contribution is -2.31. The summed E-state index contributed by atoms with van der Waals surface area (Å²) >= 11 is 1.67. The zero-order chi connectivity index (χ0) is 18.0. The van der Waals surface area contributed by atoms with Gasteiger partial charge >= 0.3 is 5.97 Å². The van der Waals surface area contributed by atoms with Crippen molar-refractivity contribution < 1.29 is 14.3 Å². The van der Waals surface area contributed by atoms with E-state index in [9.17, 15) is 9.59 Å². The Hall–Kier alpha value is -1.75. The summed E-state index contributed by atoms with van der Waals surface area (Å²) in [7, 11) is 0. The predicted octanol–water partition coefficient (Wildman–Crippen LogP) is 4.73. The van der Waals surface area contributed by atoms with Gasteiger partial charge in [0.2, 0.25) is 0 Å². The molecule has 0 aliphatic heterocycles. The SMILES string of the molecule is CC(C)(C)C(=O)COC(=O)C1CCCCC1c1nc2ccccc2s1. The quantitative estimate of drug-likeness (QED) is 0.741. The molecule has 1 aromatic carbocycles. The molecule has 2 atom stereocenters. The minimum absolute atomic E-state index is 0.0480. The number of aromatic nitrogens is 1. The molecule has 1 saturated carbocycles. The second-order valence-electron chi connectivity index (χ2n) is 7.80. The van der Waals surface area contributed by atoms with Gasteiger partial charge in [-0.3, -0.25) is 9.59 Å². The van der Waals surface area contributed by atoms with Crippen LogP contribution >= 0.6 is 11.3 Å². The summed E-state index contributed by atoms with van der Waals surface area (Å²) in [5.41, 5.74) is 0.502. The molecule has 0 amide bonds.